The molecule has 0 aromatic carbocycles. The Morgan fingerprint density at radius 2 is 2.10 bits per heavy atom. The molecule has 2 heterocycles. The van der Waals surface area contributed by atoms with E-state index in [2.05, 4.69) is 10.1 Å². The Bertz CT molecular complexity index is 726. The molecule has 0 saturated carbocycles. The number of hydrogen-bond donors (Lipinski definition) is 1. The average molecular weight is 340 g/mol. The van der Waals surface area contributed by atoms with Crippen LogP contribution in [0.1, 0.15) is 5.69 Å². The van der Waals surface area contributed by atoms with Gasteiger partial charge in [0.1, 0.15) is 17.0 Å². The molecule has 1 N–H and O–H groups in total. The summed E-state index contributed by atoms with van der Waals surface area (Å²) in [5.41, 5.74) is -0.579. The number of aromatic nitrogens is 3. The van der Waals surface area contributed by atoms with E-state index in [4.69, 9.17) is 4.55 Å². The van der Waals surface area contributed by atoms with Gasteiger partial charge in [-0.25, -0.2) is 4.98 Å². The van der Waals surface area contributed by atoms with Crippen LogP contribution in [0.4, 0.5) is 13.2 Å². The first kappa shape index (κ1) is 15.8. The van der Waals surface area contributed by atoms with Crippen molar-refractivity contribution in [3.63, 3.8) is 0 Å². The third-order valence-electron chi connectivity index (χ3n) is 2.39. The Kier molecular flexibility index (Phi) is 4.25. The van der Waals surface area contributed by atoms with Crippen molar-refractivity contribution in [2.75, 3.05) is 5.75 Å². The van der Waals surface area contributed by atoms with Gasteiger partial charge in [0, 0.05) is 17.0 Å². The number of nitrogens with zero attached hydrogens (tertiary/aromatic N) is 3. The SMILES string of the molecule is O=S(=O)(O)CC[n+]1ccc(-c2nc(C(F)(F)F)cs2)cn1. The van der Waals surface area contributed by atoms with Crippen LogP contribution in [0.25, 0.3) is 10.6 Å². The van der Waals surface area contributed by atoms with E-state index in [9.17, 15) is 21.6 Å². The van der Waals surface area contributed by atoms with Crippen molar-refractivity contribution >= 4 is 21.5 Å². The smallest absolute Gasteiger partial charge is 0.285 e. The van der Waals surface area contributed by atoms with Crippen molar-refractivity contribution in [2.24, 2.45) is 0 Å². The lowest BCUT2D eigenvalue weighted by Gasteiger charge is -2.00. The molecule has 0 amide bonds. The van der Waals surface area contributed by atoms with Crippen LogP contribution in [0.3, 0.4) is 0 Å². The fourth-order valence-electron chi connectivity index (χ4n) is 1.39. The number of thiazole rings is 1. The number of alkyl halides is 3. The summed E-state index contributed by atoms with van der Waals surface area (Å²) >= 11 is 0.837. The third-order valence-corrected chi connectivity index (χ3v) is 3.98. The molecule has 11 heteroatoms. The van der Waals surface area contributed by atoms with Crippen LogP contribution in [0.5, 0.6) is 0 Å². The van der Waals surface area contributed by atoms with Gasteiger partial charge in [-0.2, -0.15) is 21.6 Å². The van der Waals surface area contributed by atoms with Crippen LogP contribution in [-0.2, 0) is 22.8 Å². The summed E-state index contributed by atoms with van der Waals surface area (Å²) < 4.78 is 68.3. The van der Waals surface area contributed by atoms with E-state index in [1.165, 1.54) is 23.1 Å². The maximum absolute atomic E-state index is 12.4. The summed E-state index contributed by atoms with van der Waals surface area (Å²) in [7, 11) is -4.09. The third kappa shape index (κ3) is 4.44. The Labute approximate surface area is 121 Å². The molecule has 0 spiro atoms. The summed E-state index contributed by atoms with van der Waals surface area (Å²) in [4.78, 5) is 3.48. The summed E-state index contributed by atoms with van der Waals surface area (Å²) in [5, 5.41) is 4.93. The standard InChI is InChI=1S/C10H8F3N3O3S2/c11-10(12,13)8-6-20-9(15-8)7-1-2-16(14-5-7)3-4-21(17,18)19/h1-2,5-6H,3-4H2/p+1. The Morgan fingerprint density at radius 3 is 2.57 bits per heavy atom. The predicted molar refractivity (Wildman–Crippen MR) is 67.0 cm³/mol. The molecule has 0 aliphatic rings. The molecule has 2 rings (SSSR count). The monoisotopic (exact) mass is 340 g/mol. The maximum Gasteiger partial charge on any atom is 0.434 e. The first-order valence-corrected chi connectivity index (χ1v) is 7.98. The van der Waals surface area contributed by atoms with Gasteiger partial charge in [0.25, 0.3) is 10.1 Å². The van der Waals surface area contributed by atoms with Crippen molar-refractivity contribution in [1.82, 2.24) is 10.1 Å². The topological polar surface area (TPSA) is 84.0 Å². The van der Waals surface area contributed by atoms with Crippen molar-refractivity contribution in [1.29, 1.82) is 0 Å². The van der Waals surface area contributed by atoms with E-state index < -0.39 is 27.7 Å². The predicted octanol–water partition coefficient (Wildman–Crippen LogP) is 1.40. The van der Waals surface area contributed by atoms with Gasteiger partial charge >= 0.3 is 6.18 Å². The zero-order valence-electron chi connectivity index (χ0n) is 10.3. The van der Waals surface area contributed by atoms with Crippen molar-refractivity contribution in [3.05, 3.63) is 29.5 Å². The molecular formula is C10H9F3N3O3S2+. The molecule has 2 aromatic rings. The zero-order chi connectivity index (χ0) is 15.7. The number of halogens is 3. The largest absolute Gasteiger partial charge is 0.434 e. The van der Waals surface area contributed by atoms with Crippen molar-refractivity contribution in [2.45, 2.75) is 12.7 Å². The molecule has 114 valence electrons. The van der Waals surface area contributed by atoms with Crippen LogP contribution in [0, 0.1) is 0 Å². The maximum atomic E-state index is 12.4. The van der Waals surface area contributed by atoms with Crippen LogP contribution in [0.2, 0.25) is 0 Å². The minimum Gasteiger partial charge on any atom is -0.285 e. The van der Waals surface area contributed by atoms with Gasteiger partial charge < -0.3 is 0 Å². The van der Waals surface area contributed by atoms with Gasteiger partial charge in [-0.1, -0.05) is 4.68 Å². The van der Waals surface area contributed by atoms with Crippen LogP contribution >= 0.6 is 11.3 Å². The zero-order valence-corrected chi connectivity index (χ0v) is 11.9. The van der Waals surface area contributed by atoms with Crippen molar-refractivity contribution < 1.29 is 30.8 Å². The quantitative estimate of drug-likeness (QED) is 0.672. The van der Waals surface area contributed by atoms with Gasteiger partial charge in [-0.15, -0.1) is 11.3 Å². The van der Waals surface area contributed by atoms with E-state index in [1.54, 1.807) is 0 Å². The molecule has 0 aliphatic carbocycles. The Morgan fingerprint density at radius 1 is 1.38 bits per heavy atom. The lowest BCUT2D eigenvalue weighted by atomic mass is 10.3. The van der Waals surface area contributed by atoms with E-state index >= 15 is 0 Å². The second kappa shape index (κ2) is 5.66. The highest BCUT2D eigenvalue weighted by Crippen LogP contribution is 2.32. The number of rotatable bonds is 4. The minimum absolute atomic E-state index is 0.0647. The fourth-order valence-corrected chi connectivity index (χ4v) is 2.62. The minimum atomic E-state index is -4.49. The molecule has 0 aliphatic heterocycles. The molecule has 0 atom stereocenters. The van der Waals surface area contributed by atoms with Crippen LogP contribution in [0.15, 0.2) is 23.8 Å². The average Bonchev–Trinajstić information content (AvgIpc) is 2.85. The van der Waals surface area contributed by atoms with Crippen molar-refractivity contribution in [3.8, 4) is 10.6 Å². The number of hydrogen-bond acceptors (Lipinski definition) is 5. The Balaban J connectivity index is 2.14. The van der Waals surface area contributed by atoms with Gasteiger partial charge in [-0.3, -0.25) is 4.55 Å². The molecule has 0 bridgehead atoms. The second-order valence-corrected chi connectivity index (χ2v) is 6.43. The molecule has 6 nitrogen and oxygen atoms in total. The summed E-state index contributed by atoms with van der Waals surface area (Å²) in [5.74, 6) is -0.501. The van der Waals surface area contributed by atoms with Gasteiger partial charge in [0.2, 0.25) is 0 Å². The lowest BCUT2D eigenvalue weighted by molar-refractivity contribution is -0.750. The molecule has 2 aromatic heterocycles. The van der Waals surface area contributed by atoms with E-state index in [0.717, 1.165) is 16.7 Å². The summed E-state index contributed by atoms with van der Waals surface area (Å²) in [6.07, 6.45) is -1.81. The van der Waals surface area contributed by atoms with Crippen LogP contribution < -0.4 is 4.68 Å². The summed E-state index contributed by atoms with van der Waals surface area (Å²) in [6, 6.07) is 1.47. The van der Waals surface area contributed by atoms with Gasteiger partial charge in [-0.05, 0) is 5.10 Å². The molecule has 21 heavy (non-hydrogen) atoms. The highest BCUT2D eigenvalue weighted by Gasteiger charge is 2.33. The first-order valence-electron chi connectivity index (χ1n) is 5.49. The second-order valence-electron chi connectivity index (χ2n) is 4.00. The highest BCUT2D eigenvalue weighted by molar-refractivity contribution is 7.85. The van der Waals surface area contributed by atoms with Gasteiger partial charge in [0.05, 0.1) is 0 Å². The van der Waals surface area contributed by atoms with E-state index in [-0.39, 0.29) is 11.6 Å². The van der Waals surface area contributed by atoms with Crippen LogP contribution in [-0.4, -0.2) is 28.8 Å². The van der Waals surface area contributed by atoms with Gasteiger partial charge in [0.15, 0.2) is 18.4 Å². The molecule has 0 fully saturated rings. The Hall–Kier alpha value is -1.59. The normalized spacial score (nSPS) is 12.6. The molecule has 0 radical (unpaired) electrons. The van der Waals surface area contributed by atoms with E-state index in [1.807, 2.05) is 0 Å². The summed E-state index contributed by atoms with van der Waals surface area (Å²) in [6.45, 7) is -0.0647. The first-order chi connectivity index (χ1) is 9.65. The molecule has 0 saturated heterocycles. The fraction of sp³-hybridized carbons (Fsp3) is 0.300. The molecular weight excluding hydrogens is 331 g/mol. The van der Waals surface area contributed by atoms with E-state index in [0.29, 0.717) is 5.56 Å². The lowest BCUT2D eigenvalue weighted by Crippen LogP contribution is -2.40. The number of aryl methyl sites for hydroxylation is 1. The molecule has 0 unspecified atom stereocenters. The highest BCUT2D eigenvalue weighted by atomic mass is 32.2.